The average Bonchev–Trinajstić information content (AvgIpc) is 1.97. The number of ether oxygens (including phenoxy) is 1. The molecule has 0 atom stereocenters. The fourth-order valence-electron chi connectivity index (χ4n) is 0.449. The molecule has 0 bridgehead atoms. The van der Waals surface area contributed by atoms with E-state index in [2.05, 4.69) is 0 Å². The van der Waals surface area contributed by atoms with E-state index < -0.39 is 5.97 Å². The van der Waals surface area contributed by atoms with Gasteiger partial charge in [0.05, 0.1) is 18.4 Å². The van der Waals surface area contributed by atoms with Crippen LogP contribution in [0.15, 0.2) is 11.8 Å². The number of aliphatic hydroxyl groups is 1. The van der Waals surface area contributed by atoms with Gasteiger partial charge >= 0.3 is 5.97 Å². The second-order valence-electron chi connectivity index (χ2n) is 3.95. The Morgan fingerprint density at radius 1 is 1.50 bits per heavy atom. The van der Waals surface area contributed by atoms with Gasteiger partial charge in [0.1, 0.15) is 0 Å². The smallest absolute Gasteiger partial charge is 0.336 e. The first-order valence-corrected chi connectivity index (χ1v) is 3.85. The Labute approximate surface area is 73.0 Å². The van der Waals surface area contributed by atoms with Crippen molar-refractivity contribution >= 4 is 5.97 Å². The van der Waals surface area contributed by atoms with E-state index in [0.717, 1.165) is 6.26 Å². The number of hydrogen-bond acceptors (Lipinski definition) is 3. The monoisotopic (exact) mass is 172 g/mol. The molecule has 3 heteroatoms. The van der Waals surface area contributed by atoms with Crippen LogP contribution >= 0.6 is 0 Å². The van der Waals surface area contributed by atoms with Crippen molar-refractivity contribution in [1.29, 1.82) is 0 Å². The van der Waals surface area contributed by atoms with Crippen molar-refractivity contribution in [2.75, 3.05) is 6.61 Å². The zero-order valence-electron chi connectivity index (χ0n) is 8.05. The molecule has 0 aromatic rings. The molecule has 0 spiro atoms. The molecule has 0 aromatic carbocycles. The minimum Gasteiger partial charge on any atom is -0.515 e. The molecule has 0 heterocycles. The van der Waals surface area contributed by atoms with Crippen molar-refractivity contribution in [3.05, 3.63) is 11.8 Å². The van der Waals surface area contributed by atoms with Gasteiger partial charge in [-0.25, -0.2) is 4.79 Å². The van der Waals surface area contributed by atoms with Gasteiger partial charge in [-0.1, -0.05) is 20.8 Å². The molecule has 0 rings (SSSR count). The minimum atomic E-state index is -0.465. The summed E-state index contributed by atoms with van der Waals surface area (Å²) < 4.78 is 4.89. The van der Waals surface area contributed by atoms with Gasteiger partial charge in [0.25, 0.3) is 0 Å². The zero-order valence-corrected chi connectivity index (χ0v) is 8.05. The molecule has 0 unspecified atom stereocenters. The summed E-state index contributed by atoms with van der Waals surface area (Å²) in [6.07, 6.45) is 0.755. The number of aliphatic hydroxyl groups excluding tert-OH is 1. The molecule has 0 fully saturated rings. The maximum Gasteiger partial charge on any atom is 0.336 e. The third-order valence-electron chi connectivity index (χ3n) is 1.15. The van der Waals surface area contributed by atoms with Crippen molar-refractivity contribution in [2.24, 2.45) is 5.41 Å². The van der Waals surface area contributed by atoms with Crippen molar-refractivity contribution < 1.29 is 14.6 Å². The van der Waals surface area contributed by atoms with Gasteiger partial charge < -0.3 is 9.84 Å². The van der Waals surface area contributed by atoms with Gasteiger partial charge in [0.15, 0.2) is 0 Å². The lowest BCUT2D eigenvalue weighted by Crippen LogP contribution is -2.18. The normalized spacial score (nSPS) is 12.8. The molecule has 0 amide bonds. The van der Waals surface area contributed by atoms with Gasteiger partial charge in [-0.05, 0) is 12.3 Å². The van der Waals surface area contributed by atoms with E-state index in [4.69, 9.17) is 9.84 Å². The van der Waals surface area contributed by atoms with Crippen LogP contribution in [-0.4, -0.2) is 17.7 Å². The van der Waals surface area contributed by atoms with Crippen LogP contribution in [-0.2, 0) is 9.53 Å². The Morgan fingerprint density at radius 3 is 2.33 bits per heavy atom. The van der Waals surface area contributed by atoms with E-state index >= 15 is 0 Å². The molecule has 0 saturated carbocycles. The van der Waals surface area contributed by atoms with Crippen LogP contribution in [0.5, 0.6) is 0 Å². The van der Waals surface area contributed by atoms with E-state index in [1.165, 1.54) is 6.92 Å². The quantitative estimate of drug-likeness (QED) is 0.394. The van der Waals surface area contributed by atoms with E-state index in [1.807, 2.05) is 20.8 Å². The Balaban J connectivity index is 3.89. The number of rotatable bonds is 2. The molecule has 0 aliphatic rings. The molecule has 0 saturated heterocycles. The van der Waals surface area contributed by atoms with Crippen LogP contribution in [0, 0.1) is 5.41 Å². The molecule has 0 aliphatic heterocycles. The van der Waals surface area contributed by atoms with E-state index in [9.17, 15) is 4.79 Å². The molecule has 3 nitrogen and oxygen atoms in total. The minimum absolute atomic E-state index is 0.0363. The highest BCUT2D eigenvalue weighted by Gasteiger charge is 2.14. The fraction of sp³-hybridized carbons (Fsp3) is 0.667. The summed E-state index contributed by atoms with van der Waals surface area (Å²) >= 11 is 0. The van der Waals surface area contributed by atoms with Crippen LogP contribution in [0.3, 0.4) is 0 Å². The SMILES string of the molecule is C/C(=C\O)C(=O)OCC(C)(C)C. The van der Waals surface area contributed by atoms with Crippen molar-refractivity contribution in [3.8, 4) is 0 Å². The molecule has 70 valence electrons. The van der Waals surface area contributed by atoms with Crippen LogP contribution in [0.2, 0.25) is 0 Å². The second-order valence-corrected chi connectivity index (χ2v) is 3.95. The molecule has 12 heavy (non-hydrogen) atoms. The zero-order chi connectivity index (χ0) is 9.78. The summed E-state index contributed by atoms with van der Waals surface area (Å²) in [4.78, 5) is 11.0. The van der Waals surface area contributed by atoms with Gasteiger partial charge in [-0.15, -0.1) is 0 Å². The molecular weight excluding hydrogens is 156 g/mol. The van der Waals surface area contributed by atoms with Crippen molar-refractivity contribution in [1.82, 2.24) is 0 Å². The molecule has 0 aromatic heterocycles. The summed E-state index contributed by atoms with van der Waals surface area (Å²) in [5.74, 6) is -0.465. The second kappa shape index (κ2) is 4.14. The maximum absolute atomic E-state index is 11.0. The lowest BCUT2D eigenvalue weighted by Gasteiger charge is -2.17. The Kier molecular flexibility index (Phi) is 3.80. The fourth-order valence-corrected chi connectivity index (χ4v) is 0.449. The Hall–Kier alpha value is -0.990. The first-order chi connectivity index (χ1) is 5.37. The van der Waals surface area contributed by atoms with Gasteiger partial charge in [-0.2, -0.15) is 0 Å². The van der Waals surface area contributed by atoms with Crippen molar-refractivity contribution in [2.45, 2.75) is 27.7 Å². The van der Waals surface area contributed by atoms with E-state index in [-0.39, 0.29) is 11.0 Å². The van der Waals surface area contributed by atoms with Gasteiger partial charge in [0.2, 0.25) is 0 Å². The number of esters is 1. The lowest BCUT2D eigenvalue weighted by molar-refractivity contribution is -0.141. The third-order valence-corrected chi connectivity index (χ3v) is 1.15. The Morgan fingerprint density at radius 2 is 2.00 bits per heavy atom. The largest absolute Gasteiger partial charge is 0.515 e. The summed E-state index contributed by atoms with van der Waals surface area (Å²) in [6.45, 7) is 7.77. The highest BCUT2D eigenvalue weighted by Crippen LogP contribution is 2.13. The highest BCUT2D eigenvalue weighted by molar-refractivity contribution is 5.87. The van der Waals surface area contributed by atoms with Crippen molar-refractivity contribution in [3.63, 3.8) is 0 Å². The Bertz CT molecular complexity index is 186. The predicted octanol–water partition coefficient (Wildman–Crippen LogP) is 2.04. The highest BCUT2D eigenvalue weighted by atomic mass is 16.5. The predicted molar refractivity (Wildman–Crippen MR) is 46.8 cm³/mol. The first-order valence-electron chi connectivity index (χ1n) is 3.85. The number of hydrogen-bond donors (Lipinski definition) is 1. The topological polar surface area (TPSA) is 46.5 Å². The van der Waals surface area contributed by atoms with E-state index in [1.54, 1.807) is 0 Å². The molecular formula is C9H16O3. The molecule has 0 aliphatic carbocycles. The first kappa shape index (κ1) is 11.0. The summed E-state index contributed by atoms with van der Waals surface area (Å²) in [5, 5.41) is 8.47. The summed E-state index contributed by atoms with van der Waals surface area (Å²) in [7, 11) is 0. The van der Waals surface area contributed by atoms with Gasteiger partial charge in [-0.3, -0.25) is 0 Å². The van der Waals surface area contributed by atoms with Crippen LogP contribution in [0.4, 0.5) is 0 Å². The molecule has 1 N–H and O–H groups in total. The van der Waals surface area contributed by atoms with Crippen LogP contribution in [0.25, 0.3) is 0 Å². The summed E-state index contributed by atoms with van der Waals surface area (Å²) in [5.41, 5.74) is 0.185. The average molecular weight is 172 g/mol. The number of carbonyl (C=O) groups is 1. The molecule has 0 radical (unpaired) electrons. The maximum atomic E-state index is 11.0. The standard InChI is InChI=1S/C9H16O3/c1-7(5-10)8(11)12-6-9(2,3)4/h5,10H,6H2,1-4H3/b7-5+. The van der Waals surface area contributed by atoms with Crippen LogP contribution in [0.1, 0.15) is 27.7 Å². The number of carbonyl (C=O) groups excluding carboxylic acids is 1. The van der Waals surface area contributed by atoms with E-state index in [0.29, 0.717) is 6.61 Å². The summed E-state index contributed by atoms with van der Waals surface area (Å²) in [6, 6.07) is 0. The van der Waals surface area contributed by atoms with Gasteiger partial charge in [0, 0.05) is 0 Å². The van der Waals surface area contributed by atoms with Crippen LogP contribution < -0.4 is 0 Å². The third kappa shape index (κ3) is 4.77. The lowest BCUT2D eigenvalue weighted by atomic mass is 9.99.